The summed E-state index contributed by atoms with van der Waals surface area (Å²) in [7, 11) is 0. The molecule has 1 N–H and O–H groups in total. The lowest BCUT2D eigenvalue weighted by atomic mass is 10.1. The average molecular weight is 271 g/mol. The third-order valence-corrected chi connectivity index (χ3v) is 3.61. The monoisotopic (exact) mass is 271 g/mol. The van der Waals surface area contributed by atoms with E-state index in [1.165, 1.54) is 22.1 Å². The highest BCUT2D eigenvalue weighted by Gasteiger charge is 2.14. The Bertz CT molecular complexity index is 818. The van der Waals surface area contributed by atoms with Gasteiger partial charge < -0.3 is 5.11 Å². The van der Waals surface area contributed by atoms with Gasteiger partial charge in [-0.05, 0) is 17.5 Å². The van der Waals surface area contributed by atoms with E-state index in [1.54, 1.807) is 30.3 Å². The summed E-state index contributed by atoms with van der Waals surface area (Å²) in [6.07, 6.45) is 1.38. The molecule has 0 spiro atoms. The van der Waals surface area contributed by atoms with Gasteiger partial charge in [-0.15, -0.1) is 0 Å². The number of carboxylic acids is 1. The molecule has 5 heteroatoms. The smallest absolute Gasteiger partial charge is 0.337 e. The molecule has 1 aromatic carbocycles. The Morgan fingerprint density at radius 1 is 1.16 bits per heavy atom. The van der Waals surface area contributed by atoms with E-state index in [2.05, 4.69) is 0 Å². The SMILES string of the molecule is O=C(O)c1cn(-c2ccsc2)c(=O)c2ccccc12. The number of thiophene rings is 1. The normalized spacial score (nSPS) is 10.7. The molecule has 0 amide bonds. The summed E-state index contributed by atoms with van der Waals surface area (Å²) in [5.74, 6) is -1.04. The van der Waals surface area contributed by atoms with E-state index in [1.807, 2.05) is 10.8 Å². The van der Waals surface area contributed by atoms with Crippen LogP contribution in [0.3, 0.4) is 0 Å². The van der Waals surface area contributed by atoms with Crippen LogP contribution in [0.5, 0.6) is 0 Å². The average Bonchev–Trinajstić information content (AvgIpc) is 2.93. The lowest BCUT2D eigenvalue weighted by Gasteiger charge is -2.08. The van der Waals surface area contributed by atoms with Crippen molar-refractivity contribution >= 4 is 28.1 Å². The second kappa shape index (κ2) is 4.37. The van der Waals surface area contributed by atoms with Gasteiger partial charge >= 0.3 is 5.97 Å². The molecular formula is C14H9NO3S. The third kappa shape index (κ3) is 1.84. The molecule has 0 saturated carbocycles. The van der Waals surface area contributed by atoms with E-state index >= 15 is 0 Å². The number of carboxylic acid groups (broad SMARTS) is 1. The molecule has 94 valence electrons. The second-order valence-electron chi connectivity index (χ2n) is 4.05. The molecule has 19 heavy (non-hydrogen) atoms. The van der Waals surface area contributed by atoms with Crippen LogP contribution in [0.4, 0.5) is 0 Å². The second-order valence-corrected chi connectivity index (χ2v) is 4.83. The number of hydrogen-bond donors (Lipinski definition) is 1. The van der Waals surface area contributed by atoms with Crippen LogP contribution in [0.25, 0.3) is 16.5 Å². The number of aromatic carboxylic acids is 1. The fourth-order valence-electron chi connectivity index (χ4n) is 2.05. The number of rotatable bonds is 2. The van der Waals surface area contributed by atoms with Crippen molar-refractivity contribution in [2.45, 2.75) is 0 Å². The lowest BCUT2D eigenvalue weighted by molar-refractivity contribution is 0.0698. The van der Waals surface area contributed by atoms with Gasteiger partial charge in [0, 0.05) is 22.3 Å². The van der Waals surface area contributed by atoms with Crippen molar-refractivity contribution in [3.8, 4) is 5.69 Å². The molecule has 2 heterocycles. The summed E-state index contributed by atoms with van der Waals surface area (Å²) in [5.41, 5.74) is 0.601. The van der Waals surface area contributed by atoms with Gasteiger partial charge in [-0.2, -0.15) is 11.3 Å². The zero-order valence-corrected chi connectivity index (χ0v) is 10.6. The summed E-state index contributed by atoms with van der Waals surface area (Å²) < 4.78 is 1.38. The minimum atomic E-state index is -1.04. The van der Waals surface area contributed by atoms with Crippen molar-refractivity contribution in [1.29, 1.82) is 0 Å². The first kappa shape index (κ1) is 11.7. The number of hydrogen-bond acceptors (Lipinski definition) is 3. The summed E-state index contributed by atoms with van der Waals surface area (Å²) in [5, 5.41) is 13.8. The number of fused-ring (bicyclic) bond motifs is 1. The maximum absolute atomic E-state index is 12.4. The van der Waals surface area contributed by atoms with Gasteiger partial charge in [-0.25, -0.2) is 4.79 Å². The number of carbonyl (C=O) groups is 1. The molecule has 0 aliphatic rings. The molecule has 0 unspecified atom stereocenters. The Balaban J connectivity index is 2.46. The highest BCUT2D eigenvalue weighted by molar-refractivity contribution is 7.08. The highest BCUT2D eigenvalue weighted by atomic mass is 32.1. The number of benzene rings is 1. The van der Waals surface area contributed by atoms with E-state index in [0.29, 0.717) is 16.5 Å². The van der Waals surface area contributed by atoms with Gasteiger partial charge in [0.2, 0.25) is 0 Å². The van der Waals surface area contributed by atoms with Crippen LogP contribution in [0.1, 0.15) is 10.4 Å². The van der Waals surface area contributed by atoms with Crippen LogP contribution >= 0.6 is 11.3 Å². The fraction of sp³-hybridized carbons (Fsp3) is 0. The molecule has 2 aromatic heterocycles. The van der Waals surface area contributed by atoms with Crippen molar-refractivity contribution < 1.29 is 9.90 Å². The summed E-state index contributed by atoms with van der Waals surface area (Å²) in [6.45, 7) is 0. The van der Waals surface area contributed by atoms with Crippen molar-refractivity contribution in [3.05, 3.63) is 63.2 Å². The van der Waals surface area contributed by atoms with E-state index in [4.69, 9.17) is 0 Å². The molecule has 0 bridgehead atoms. The topological polar surface area (TPSA) is 59.3 Å². The first-order valence-corrected chi connectivity index (χ1v) is 6.53. The summed E-state index contributed by atoms with van der Waals surface area (Å²) in [6, 6.07) is 8.54. The maximum atomic E-state index is 12.4. The Morgan fingerprint density at radius 2 is 1.89 bits per heavy atom. The molecule has 0 aliphatic heterocycles. The van der Waals surface area contributed by atoms with Crippen LogP contribution in [-0.4, -0.2) is 15.6 Å². The first-order valence-electron chi connectivity index (χ1n) is 5.59. The third-order valence-electron chi connectivity index (χ3n) is 2.94. The molecule has 0 fully saturated rings. The maximum Gasteiger partial charge on any atom is 0.337 e. The lowest BCUT2D eigenvalue weighted by Crippen LogP contribution is -2.20. The predicted molar refractivity (Wildman–Crippen MR) is 74.4 cm³/mol. The molecule has 3 aromatic rings. The number of aromatic nitrogens is 1. The van der Waals surface area contributed by atoms with E-state index in [9.17, 15) is 14.7 Å². The Hall–Kier alpha value is -2.40. The van der Waals surface area contributed by atoms with Crippen LogP contribution < -0.4 is 5.56 Å². The first-order chi connectivity index (χ1) is 9.18. The zero-order chi connectivity index (χ0) is 13.4. The van der Waals surface area contributed by atoms with Crippen LogP contribution in [0.2, 0.25) is 0 Å². The zero-order valence-electron chi connectivity index (χ0n) is 9.74. The van der Waals surface area contributed by atoms with Crippen molar-refractivity contribution in [3.63, 3.8) is 0 Å². The Kier molecular flexibility index (Phi) is 2.68. The summed E-state index contributed by atoms with van der Waals surface area (Å²) in [4.78, 5) is 23.7. The number of nitrogens with zero attached hydrogens (tertiary/aromatic N) is 1. The van der Waals surface area contributed by atoms with E-state index in [0.717, 1.165) is 0 Å². The van der Waals surface area contributed by atoms with Gasteiger partial charge in [0.25, 0.3) is 5.56 Å². The van der Waals surface area contributed by atoms with E-state index < -0.39 is 5.97 Å². The predicted octanol–water partition coefficient (Wildman–Crippen LogP) is 2.75. The van der Waals surface area contributed by atoms with Gasteiger partial charge in [-0.3, -0.25) is 9.36 Å². The van der Waals surface area contributed by atoms with E-state index in [-0.39, 0.29) is 11.1 Å². The molecule has 3 rings (SSSR count). The summed E-state index contributed by atoms with van der Waals surface area (Å²) >= 11 is 1.46. The van der Waals surface area contributed by atoms with Crippen LogP contribution in [0.15, 0.2) is 52.1 Å². The molecule has 0 radical (unpaired) electrons. The highest BCUT2D eigenvalue weighted by Crippen LogP contribution is 2.18. The minimum Gasteiger partial charge on any atom is -0.478 e. The molecule has 0 atom stereocenters. The van der Waals surface area contributed by atoms with Crippen molar-refractivity contribution in [1.82, 2.24) is 4.57 Å². The van der Waals surface area contributed by atoms with Gasteiger partial charge in [0.1, 0.15) is 0 Å². The van der Waals surface area contributed by atoms with Crippen molar-refractivity contribution in [2.24, 2.45) is 0 Å². The largest absolute Gasteiger partial charge is 0.478 e. The van der Waals surface area contributed by atoms with Gasteiger partial charge in [0.05, 0.1) is 11.3 Å². The fourth-order valence-corrected chi connectivity index (χ4v) is 2.68. The van der Waals surface area contributed by atoms with Crippen LogP contribution in [0, 0.1) is 0 Å². The van der Waals surface area contributed by atoms with Crippen LogP contribution in [-0.2, 0) is 0 Å². The standard InChI is InChI=1S/C14H9NO3S/c16-13-11-4-2-1-3-10(11)12(14(17)18)7-15(13)9-5-6-19-8-9/h1-8H,(H,17,18). The minimum absolute atomic E-state index is 0.126. The Labute approximate surface area is 112 Å². The van der Waals surface area contributed by atoms with Gasteiger partial charge in [-0.1, -0.05) is 18.2 Å². The molecular weight excluding hydrogens is 262 g/mol. The molecule has 0 aliphatic carbocycles. The van der Waals surface area contributed by atoms with Gasteiger partial charge in [0.15, 0.2) is 0 Å². The quantitative estimate of drug-likeness (QED) is 0.779. The molecule has 0 saturated heterocycles. The van der Waals surface area contributed by atoms with Crippen molar-refractivity contribution in [2.75, 3.05) is 0 Å². The molecule has 4 nitrogen and oxygen atoms in total. The number of pyridine rings is 1. The Morgan fingerprint density at radius 3 is 2.53 bits per heavy atom.